The van der Waals surface area contributed by atoms with Crippen LogP contribution in [0.4, 0.5) is 5.69 Å². The third-order valence-corrected chi connectivity index (χ3v) is 6.21. The maximum Gasteiger partial charge on any atom is 0.234 e. The first kappa shape index (κ1) is 18.8. The normalized spacial score (nSPS) is 10.5. The lowest BCUT2D eigenvalue weighted by molar-refractivity contribution is -0.113. The number of hydrogen-bond donors (Lipinski definition) is 1. The van der Waals surface area contributed by atoms with E-state index in [0.717, 1.165) is 25.6 Å². The van der Waals surface area contributed by atoms with E-state index in [9.17, 15) is 4.79 Å². The van der Waals surface area contributed by atoms with Gasteiger partial charge < -0.3 is 10.1 Å². The van der Waals surface area contributed by atoms with Crippen molar-refractivity contribution < 1.29 is 9.53 Å². The van der Waals surface area contributed by atoms with E-state index in [1.807, 2.05) is 32.0 Å². The molecule has 0 atom stereocenters. The summed E-state index contributed by atoms with van der Waals surface area (Å²) in [5, 5.41) is 11.1. The largest absolute Gasteiger partial charge is 0.495 e. The highest BCUT2D eigenvalue weighted by Gasteiger charge is 2.11. The van der Waals surface area contributed by atoms with Gasteiger partial charge in [0.25, 0.3) is 0 Å². The van der Waals surface area contributed by atoms with Crippen LogP contribution in [0, 0.1) is 6.92 Å². The molecule has 0 saturated carbocycles. The third-order valence-electron chi connectivity index (χ3n) is 2.79. The minimum atomic E-state index is -0.102. The van der Waals surface area contributed by atoms with E-state index in [2.05, 4.69) is 22.1 Å². The number of nitrogens with one attached hydrogen (secondary N) is 1. The predicted octanol–water partition coefficient (Wildman–Crippen LogP) is 4.25. The van der Waals surface area contributed by atoms with Crippen molar-refractivity contribution in [1.29, 1.82) is 0 Å². The van der Waals surface area contributed by atoms with Crippen LogP contribution in [0.2, 0.25) is 0 Å². The van der Waals surface area contributed by atoms with E-state index in [0.29, 0.717) is 11.4 Å². The van der Waals surface area contributed by atoms with Gasteiger partial charge in [0, 0.05) is 5.75 Å². The number of amides is 1. The number of methoxy groups -OCH3 is 1. The average molecular weight is 382 g/mol. The molecule has 0 aliphatic carbocycles. The van der Waals surface area contributed by atoms with Gasteiger partial charge in [0.15, 0.2) is 8.68 Å². The van der Waals surface area contributed by atoms with E-state index >= 15 is 0 Å². The summed E-state index contributed by atoms with van der Waals surface area (Å²) >= 11 is 4.48. The van der Waals surface area contributed by atoms with Crippen molar-refractivity contribution in [3.63, 3.8) is 0 Å². The fraction of sp³-hybridized carbons (Fsp3) is 0.312. The van der Waals surface area contributed by atoms with Crippen LogP contribution in [0.3, 0.4) is 0 Å². The van der Waals surface area contributed by atoms with Crippen molar-refractivity contribution in [2.24, 2.45) is 0 Å². The highest BCUT2D eigenvalue weighted by molar-refractivity contribution is 8.03. The number of hydrogen-bond acceptors (Lipinski definition) is 7. The molecule has 0 spiro atoms. The lowest BCUT2D eigenvalue weighted by Gasteiger charge is -2.10. The predicted molar refractivity (Wildman–Crippen MR) is 103 cm³/mol. The lowest BCUT2D eigenvalue weighted by atomic mass is 10.2. The highest BCUT2D eigenvalue weighted by Crippen LogP contribution is 2.30. The van der Waals surface area contributed by atoms with Crippen molar-refractivity contribution in [2.45, 2.75) is 22.5 Å². The number of thioether (sulfide) groups is 2. The number of anilines is 1. The Bertz CT molecular complexity index is 731. The van der Waals surface area contributed by atoms with Crippen molar-refractivity contribution in [3.8, 4) is 5.75 Å². The van der Waals surface area contributed by atoms with Crippen LogP contribution >= 0.6 is 34.9 Å². The van der Waals surface area contributed by atoms with Crippen LogP contribution in [0.1, 0.15) is 12.5 Å². The molecule has 1 aromatic carbocycles. The zero-order valence-corrected chi connectivity index (χ0v) is 16.2. The van der Waals surface area contributed by atoms with Crippen LogP contribution < -0.4 is 10.1 Å². The number of ether oxygens (including phenoxy) is 1. The van der Waals surface area contributed by atoms with Gasteiger partial charge >= 0.3 is 0 Å². The van der Waals surface area contributed by atoms with Crippen molar-refractivity contribution in [1.82, 2.24) is 10.2 Å². The molecule has 128 valence electrons. The number of rotatable bonds is 8. The van der Waals surface area contributed by atoms with Crippen LogP contribution in [-0.2, 0) is 4.79 Å². The minimum Gasteiger partial charge on any atom is -0.495 e. The maximum absolute atomic E-state index is 12.1. The van der Waals surface area contributed by atoms with Crippen molar-refractivity contribution in [3.05, 3.63) is 35.9 Å². The van der Waals surface area contributed by atoms with E-state index in [4.69, 9.17) is 4.74 Å². The molecule has 24 heavy (non-hydrogen) atoms. The fourth-order valence-corrected chi connectivity index (χ4v) is 4.40. The minimum absolute atomic E-state index is 0.102. The monoisotopic (exact) mass is 381 g/mol. The van der Waals surface area contributed by atoms with Gasteiger partial charge in [-0.3, -0.25) is 4.79 Å². The zero-order chi connectivity index (χ0) is 17.5. The SMILES string of the molecule is C=C(C)CSc1nnc(SCC(=O)Nc2cc(C)ccc2OC)s1. The van der Waals surface area contributed by atoms with Crippen LogP contribution in [0.25, 0.3) is 0 Å². The molecule has 0 unspecified atom stereocenters. The molecular formula is C16H19N3O2S3. The summed E-state index contributed by atoms with van der Waals surface area (Å²) in [6.07, 6.45) is 0. The Morgan fingerprint density at radius 3 is 2.58 bits per heavy atom. The molecule has 0 bridgehead atoms. The number of benzene rings is 1. The number of aromatic nitrogens is 2. The summed E-state index contributed by atoms with van der Waals surface area (Å²) in [5.41, 5.74) is 2.83. The smallest absolute Gasteiger partial charge is 0.234 e. The quantitative estimate of drug-likeness (QED) is 0.545. The van der Waals surface area contributed by atoms with E-state index < -0.39 is 0 Å². The number of carbonyl (C=O) groups excluding carboxylic acids is 1. The molecule has 2 rings (SSSR count). The summed E-state index contributed by atoms with van der Waals surface area (Å²) in [6.45, 7) is 7.81. The Labute approximate surface area is 154 Å². The van der Waals surface area contributed by atoms with E-state index in [-0.39, 0.29) is 11.7 Å². The van der Waals surface area contributed by atoms with Gasteiger partial charge in [-0.25, -0.2) is 0 Å². The van der Waals surface area contributed by atoms with Gasteiger partial charge in [0.05, 0.1) is 18.6 Å². The average Bonchev–Trinajstić information content (AvgIpc) is 2.99. The van der Waals surface area contributed by atoms with E-state index in [1.165, 1.54) is 23.1 Å². The summed E-state index contributed by atoms with van der Waals surface area (Å²) in [6, 6.07) is 5.67. The first-order valence-corrected chi connectivity index (χ1v) is 9.94. The van der Waals surface area contributed by atoms with Crippen molar-refractivity contribution >= 4 is 46.5 Å². The summed E-state index contributed by atoms with van der Waals surface area (Å²) in [5.74, 6) is 1.65. The molecule has 2 aromatic rings. The fourth-order valence-electron chi connectivity index (χ4n) is 1.73. The summed E-state index contributed by atoms with van der Waals surface area (Å²) in [7, 11) is 1.58. The van der Waals surface area contributed by atoms with Gasteiger partial charge in [-0.15, -0.1) is 10.2 Å². The molecule has 1 amide bonds. The standard InChI is InChI=1S/C16H19N3O2S3/c1-10(2)8-22-15-18-19-16(24-15)23-9-14(20)17-12-7-11(3)5-6-13(12)21-4/h5-7H,1,8-9H2,2-4H3,(H,17,20). The molecule has 0 radical (unpaired) electrons. The van der Waals surface area contributed by atoms with Crippen LogP contribution in [-0.4, -0.2) is 34.7 Å². The molecule has 0 aliphatic rings. The second-order valence-corrected chi connectivity index (χ2v) is 8.54. The number of nitrogens with zero attached hydrogens (tertiary/aromatic N) is 2. The molecule has 8 heteroatoms. The maximum atomic E-state index is 12.1. The van der Waals surface area contributed by atoms with Crippen LogP contribution in [0.5, 0.6) is 5.75 Å². The second kappa shape index (κ2) is 9.10. The Balaban J connectivity index is 1.87. The third kappa shape index (κ3) is 5.85. The second-order valence-electron chi connectivity index (χ2n) is 5.12. The summed E-state index contributed by atoms with van der Waals surface area (Å²) in [4.78, 5) is 12.1. The van der Waals surface area contributed by atoms with Gasteiger partial charge in [0.1, 0.15) is 5.75 Å². The van der Waals surface area contributed by atoms with Gasteiger partial charge in [-0.2, -0.15) is 0 Å². The zero-order valence-electron chi connectivity index (χ0n) is 13.8. The molecule has 5 nitrogen and oxygen atoms in total. The molecule has 1 aromatic heterocycles. The van der Waals surface area contributed by atoms with Crippen LogP contribution in [0.15, 0.2) is 39.0 Å². The number of carbonyl (C=O) groups is 1. The molecule has 0 saturated heterocycles. The van der Waals surface area contributed by atoms with E-state index in [1.54, 1.807) is 18.9 Å². The molecular weight excluding hydrogens is 362 g/mol. The van der Waals surface area contributed by atoms with Gasteiger partial charge in [0.2, 0.25) is 5.91 Å². The summed E-state index contributed by atoms with van der Waals surface area (Å²) < 4.78 is 6.93. The van der Waals surface area contributed by atoms with Gasteiger partial charge in [-0.1, -0.05) is 53.1 Å². The topological polar surface area (TPSA) is 64.1 Å². The molecule has 0 fully saturated rings. The Morgan fingerprint density at radius 2 is 1.96 bits per heavy atom. The number of aryl methyl sites for hydroxylation is 1. The van der Waals surface area contributed by atoms with Crippen molar-refractivity contribution in [2.75, 3.05) is 23.9 Å². The first-order valence-electron chi connectivity index (χ1n) is 7.16. The Hall–Kier alpha value is -1.51. The molecule has 1 heterocycles. The Kier molecular flexibility index (Phi) is 7.14. The highest BCUT2D eigenvalue weighted by atomic mass is 32.2. The molecule has 0 aliphatic heterocycles. The Morgan fingerprint density at radius 1 is 1.29 bits per heavy atom. The first-order chi connectivity index (χ1) is 11.5. The molecule has 1 N–H and O–H groups in total. The lowest BCUT2D eigenvalue weighted by Crippen LogP contribution is -2.14. The van der Waals surface area contributed by atoms with Gasteiger partial charge in [-0.05, 0) is 31.5 Å².